The van der Waals surface area contributed by atoms with E-state index in [1.54, 1.807) is 0 Å². The lowest BCUT2D eigenvalue weighted by atomic mass is 9.83. The van der Waals surface area contributed by atoms with Gasteiger partial charge in [0.25, 0.3) is 0 Å². The molecule has 0 atom stereocenters. The Morgan fingerprint density at radius 3 is 2.11 bits per heavy atom. The maximum atomic E-state index is 12.2. The number of carbonyl (C=O) groups excluding carboxylic acids is 1. The van der Waals surface area contributed by atoms with Crippen LogP contribution in [0.25, 0.3) is 0 Å². The van der Waals surface area contributed by atoms with E-state index in [9.17, 15) is 4.79 Å². The first-order chi connectivity index (χ1) is 8.55. The summed E-state index contributed by atoms with van der Waals surface area (Å²) in [4.78, 5) is 12.2. The van der Waals surface area contributed by atoms with Crippen molar-refractivity contribution >= 4 is 5.97 Å². The summed E-state index contributed by atoms with van der Waals surface area (Å²) in [5.41, 5.74) is 1.97. The molecule has 0 aromatic heterocycles. The van der Waals surface area contributed by atoms with E-state index >= 15 is 0 Å². The Balaban J connectivity index is 2.09. The number of rotatable bonds is 3. The van der Waals surface area contributed by atoms with Gasteiger partial charge < -0.3 is 4.74 Å². The molecule has 0 amide bonds. The van der Waals surface area contributed by atoms with Gasteiger partial charge in [0.1, 0.15) is 5.60 Å². The highest BCUT2D eigenvalue weighted by Gasteiger charge is 2.38. The molecule has 0 aliphatic heterocycles. The zero-order chi connectivity index (χ0) is 13.2. The van der Waals surface area contributed by atoms with Gasteiger partial charge in [-0.05, 0) is 51.4 Å². The summed E-state index contributed by atoms with van der Waals surface area (Å²) in [6.07, 6.45) is 9.23. The van der Waals surface area contributed by atoms with E-state index in [0.29, 0.717) is 5.92 Å². The van der Waals surface area contributed by atoms with Crippen LogP contribution in [0.3, 0.4) is 0 Å². The van der Waals surface area contributed by atoms with Gasteiger partial charge in [-0.2, -0.15) is 0 Å². The number of esters is 1. The molecule has 0 bridgehead atoms. The quantitative estimate of drug-likeness (QED) is 0.422. The molecular formula is C16H26O2. The van der Waals surface area contributed by atoms with E-state index in [2.05, 4.69) is 13.8 Å². The second-order valence-corrected chi connectivity index (χ2v) is 6.25. The third kappa shape index (κ3) is 2.96. The Morgan fingerprint density at radius 1 is 1.11 bits per heavy atom. The second kappa shape index (κ2) is 5.46. The van der Waals surface area contributed by atoms with Gasteiger partial charge in [0, 0.05) is 5.57 Å². The van der Waals surface area contributed by atoms with Crippen molar-refractivity contribution in [1.29, 1.82) is 0 Å². The Labute approximate surface area is 111 Å². The fraction of sp³-hybridized carbons (Fsp3) is 0.812. The first-order valence-electron chi connectivity index (χ1n) is 7.47. The minimum atomic E-state index is -0.204. The van der Waals surface area contributed by atoms with Crippen LogP contribution in [0, 0.1) is 5.92 Å². The molecule has 0 radical (unpaired) electrons. The van der Waals surface area contributed by atoms with E-state index in [4.69, 9.17) is 4.74 Å². The van der Waals surface area contributed by atoms with E-state index < -0.39 is 0 Å². The first kappa shape index (κ1) is 13.6. The standard InChI is InChI=1S/C16H26O2/c1-12(2)16(10-6-4-5-7-11-16)18-15(17)13(3)14-8-9-14/h12H,4-11H2,1-3H3. The normalized spacial score (nSPS) is 22.6. The van der Waals surface area contributed by atoms with Crippen molar-refractivity contribution in [3.63, 3.8) is 0 Å². The molecule has 0 aromatic carbocycles. The summed E-state index contributed by atoms with van der Waals surface area (Å²) >= 11 is 0. The van der Waals surface area contributed by atoms with Crippen LogP contribution in [-0.2, 0) is 9.53 Å². The van der Waals surface area contributed by atoms with Crippen LogP contribution in [0.2, 0.25) is 0 Å². The lowest BCUT2D eigenvalue weighted by Gasteiger charge is -2.36. The van der Waals surface area contributed by atoms with Crippen molar-refractivity contribution in [1.82, 2.24) is 0 Å². The minimum absolute atomic E-state index is 0.0573. The highest BCUT2D eigenvalue weighted by atomic mass is 16.6. The van der Waals surface area contributed by atoms with Gasteiger partial charge in [0.15, 0.2) is 0 Å². The largest absolute Gasteiger partial charge is 0.455 e. The molecule has 2 heteroatoms. The van der Waals surface area contributed by atoms with E-state index in [1.807, 2.05) is 6.92 Å². The van der Waals surface area contributed by atoms with Crippen LogP contribution >= 0.6 is 0 Å². The molecule has 0 aromatic rings. The highest BCUT2D eigenvalue weighted by Crippen LogP contribution is 2.38. The van der Waals surface area contributed by atoms with Gasteiger partial charge in [-0.1, -0.05) is 32.3 Å². The van der Waals surface area contributed by atoms with Crippen molar-refractivity contribution in [2.24, 2.45) is 5.92 Å². The van der Waals surface area contributed by atoms with Crippen molar-refractivity contribution < 1.29 is 9.53 Å². The minimum Gasteiger partial charge on any atom is -0.455 e. The maximum Gasteiger partial charge on any atom is 0.334 e. The summed E-state index contributed by atoms with van der Waals surface area (Å²) in [7, 11) is 0. The van der Waals surface area contributed by atoms with Crippen molar-refractivity contribution in [2.75, 3.05) is 0 Å². The molecule has 2 aliphatic rings. The first-order valence-corrected chi connectivity index (χ1v) is 7.47. The van der Waals surface area contributed by atoms with Gasteiger partial charge in [-0.3, -0.25) is 0 Å². The van der Waals surface area contributed by atoms with Gasteiger partial charge in [-0.15, -0.1) is 0 Å². The van der Waals surface area contributed by atoms with E-state index in [1.165, 1.54) is 31.3 Å². The predicted octanol–water partition coefficient (Wildman–Crippen LogP) is 4.39. The highest BCUT2D eigenvalue weighted by molar-refractivity contribution is 5.89. The van der Waals surface area contributed by atoms with Gasteiger partial charge in [0.2, 0.25) is 0 Å². The Bertz CT molecular complexity index is 338. The Morgan fingerprint density at radius 2 is 1.67 bits per heavy atom. The molecule has 18 heavy (non-hydrogen) atoms. The number of ether oxygens (including phenoxy) is 1. The summed E-state index contributed by atoms with van der Waals surface area (Å²) in [6, 6.07) is 0. The summed E-state index contributed by atoms with van der Waals surface area (Å²) < 4.78 is 5.99. The van der Waals surface area contributed by atoms with Crippen LogP contribution < -0.4 is 0 Å². The molecular weight excluding hydrogens is 224 g/mol. The molecule has 0 spiro atoms. The van der Waals surface area contributed by atoms with Crippen LogP contribution in [0.1, 0.15) is 72.1 Å². The fourth-order valence-corrected chi connectivity index (χ4v) is 2.97. The molecule has 0 heterocycles. The molecule has 2 fully saturated rings. The Kier molecular flexibility index (Phi) is 4.14. The second-order valence-electron chi connectivity index (χ2n) is 6.25. The fourth-order valence-electron chi connectivity index (χ4n) is 2.97. The average molecular weight is 250 g/mol. The third-order valence-electron chi connectivity index (χ3n) is 4.63. The van der Waals surface area contributed by atoms with E-state index in [0.717, 1.165) is 31.3 Å². The molecule has 0 N–H and O–H groups in total. The van der Waals surface area contributed by atoms with Crippen LogP contribution in [0.5, 0.6) is 0 Å². The van der Waals surface area contributed by atoms with Gasteiger partial charge in [0.05, 0.1) is 0 Å². The molecule has 2 aliphatic carbocycles. The lowest BCUT2D eigenvalue weighted by molar-refractivity contribution is -0.162. The maximum absolute atomic E-state index is 12.2. The molecule has 2 nitrogen and oxygen atoms in total. The summed E-state index contributed by atoms with van der Waals surface area (Å²) in [6.45, 7) is 6.31. The Hall–Kier alpha value is -0.790. The monoisotopic (exact) mass is 250 g/mol. The molecule has 2 saturated carbocycles. The van der Waals surface area contributed by atoms with Crippen molar-refractivity contribution in [3.8, 4) is 0 Å². The van der Waals surface area contributed by atoms with Crippen LogP contribution in [0.4, 0.5) is 0 Å². The van der Waals surface area contributed by atoms with Gasteiger partial charge >= 0.3 is 5.97 Å². The number of allylic oxidation sites excluding steroid dienone is 1. The number of carbonyl (C=O) groups is 1. The third-order valence-corrected chi connectivity index (χ3v) is 4.63. The van der Waals surface area contributed by atoms with E-state index in [-0.39, 0.29) is 11.6 Å². The van der Waals surface area contributed by atoms with Crippen LogP contribution in [-0.4, -0.2) is 11.6 Å². The molecule has 2 rings (SSSR count). The molecule has 0 unspecified atom stereocenters. The number of hydrogen-bond donors (Lipinski definition) is 0. The van der Waals surface area contributed by atoms with Crippen molar-refractivity contribution in [2.45, 2.75) is 77.7 Å². The van der Waals surface area contributed by atoms with Crippen LogP contribution in [0.15, 0.2) is 11.1 Å². The van der Waals surface area contributed by atoms with Crippen molar-refractivity contribution in [3.05, 3.63) is 11.1 Å². The predicted molar refractivity (Wildman–Crippen MR) is 73.3 cm³/mol. The summed E-state index contributed by atoms with van der Waals surface area (Å²) in [5, 5.41) is 0. The number of hydrogen-bond acceptors (Lipinski definition) is 2. The molecule has 102 valence electrons. The zero-order valence-corrected chi connectivity index (χ0v) is 12.1. The van der Waals surface area contributed by atoms with Gasteiger partial charge in [-0.25, -0.2) is 4.79 Å². The smallest absolute Gasteiger partial charge is 0.334 e. The average Bonchev–Trinajstić information content (AvgIpc) is 3.15. The zero-order valence-electron chi connectivity index (χ0n) is 12.1. The molecule has 0 saturated heterocycles. The SMILES string of the molecule is CC(C(=O)OC1(C(C)C)CCCCCC1)=C1CC1. The summed E-state index contributed by atoms with van der Waals surface area (Å²) in [5.74, 6) is 0.356. The topological polar surface area (TPSA) is 26.3 Å². The lowest BCUT2D eigenvalue weighted by Crippen LogP contribution is -2.40.